The highest BCUT2D eigenvalue weighted by Gasteiger charge is 2.27. The molecule has 0 spiro atoms. The van der Waals surface area contributed by atoms with Crippen molar-refractivity contribution in [3.8, 4) is 5.75 Å². The zero-order valence-electron chi connectivity index (χ0n) is 11.8. The van der Waals surface area contributed by atoms with Crippen LogP contribution in [0.1, 0.15) is 12.8 Å². The second-order valence-corrected chi connectivity index (χ2v) is 7.32. The Balaban J connectivity index is 1.70. The fraction of sp³-hybridized carbons (Fsp3) is 0.312. The van der Waals surface area contributed by atoms with Crippen LogP contribution in [-0.4, -0.2) is 24.2 Å². The van der Waals surface area contributed by atoms with Gasteiger partial charge in [0.1, 0.15) is 17.0 Å². The van der Waals surface area contributed by atoms with Crippen molar-refractivity contribution in [1.29, 1.82) is 0 Å². The molecule has 1 saturated heterocycles. The van der Waals surface area contributed by atoms with Crippen molar-refractivity contribution in [1.82, 2.24) is 4.98 Å². The topological polar surface area (TPSA) is 25.4 Å². The van der Waals surface area contributed by atoms with Gasteiger partial charge >= 0.3 is 0 Å². The lowest BCUT2D eigenvalue weighted by Gasteiger charge is -2.27. The molecule has 1 fully saturated rings. The Morgan fingerprint density at radius 3 is 2.82 bits per heavy atom. The van der Waals surface area contributed by atoms with Gasteiger partial charge in [0.25, 0.3) is 0 Å². The molecule has 116 valence electrons. The summed E-state index contributed by atoms with van der Waals surface area (Å²) in [5.74, 6) is 0.850. The average molecular weight is 447 g/mol. The van der Waals surface area contributed by atoms with Gasteiger partial charge in [0, 0.05) is 22.2 Å². The minimum Gasteiger partial charge on any atom is -0.491 e. The van der Waals surface area contributed by atoms with Crippen molar-refractivity contribution in [3.63, 3.8) is 0 Å². The Morgan fingerprint density at radius 1 is 1.27 bits per heavy atom. The molecule has 0 N–H and O–H groups in total. The number of aromatic nitrogens is 1. The van der Waals surface area contributed by atoms with Crippen molar-refractivity contribution >= 4 is 49.1 Å². The third kappa shape index (κ3) is 3.76. The van der Waals surface area contributed by atoms with E-state index in [4.69, 9.17) is 16.3 Å². The first-order valence-corrected chi connectivity index (χ1v) is 9.06. The van der Waals surface area contributed by atoms with E-state index in [-0.39, 0.29) is 0 Å². The monoisotopic (exact) mass is 444 g/mol. The van der Waals surface area contributed by atoms with Crippen LogP contribution in [0.5, 0.6) is 5.75 Å². The Labute approximate surface area is 151 Å². The van der Waals surface area contributed by atoms with Crippen LogP contribution in [0, 0.1) is 0 Å². The van der Waals surface area contributed by atoms with Crippen molar-refractivity contribution in [2.45, 2.75) is 18.9 Å². The summed E-state index contributed by atoms with van der Waals surface area (Å²) in [5.41, 5.74) is 1.11. The summed E-state index contributed by atoms with van der Waals surface area (Å²) in [6.45, 7) is 1.67. The van der Waals surface area contributed by atoms with Crippen LogP contribution in [0.2, 0.25) is 5.02 Å². The van der Waals surface area contributed by atoms with Gasteiger partial charge in [0.2, 0.25) is 0 Å². The summed E-state index contributed by atoms with van der Waals surface area (Å²) in [6.07, 6.45) is 4.07. The molecule has 1 aromatic carbocycles. The molecule has 0 amide bonds. The number of anilines is 1. The summed E-state index contributed by atoms with van der Waals surface area (Å²) in [5, 5.41) is 0.721. The molecule has 1 aromatic heterocycles. The minimum absolute atomic E-state index is 0.350. The molecule has 3 rings (SSSR count). The summed E-state index contributed by atoms with van der Waals surface area (Å²) in [6, 6.07) is 9.94. The van der Waals surface area contributed by atoms with E-state index < -0.39 is 0 Å². The maximum absolute atomic E-state index is 5.92. The SMILES string of the molecule is Clc1ccc(OCC2CCCN2c2cc(Br)cnc2Br)cc1. The predicted octanol–water partition coefficient (Wildman–Crippen LogP) is 5.31. The number of benzene rings is 1. The van der Waals surface area contributed by atoms with E-state index in [0.717, 1.165) is 44.9 Å². The summed E-state index contributed by atoms with van der Waals surface area (Å²) in [7, 11) is 0. The van der Waals surface area contributed by atoms with Gasteiger partial charge in [-0.15, -0.1) is 0 Å². The predicted molar refractivity (Wildman–Crippen MR) is 97.0 cm³/mol. The zero-order valence-corrected chi connectivity index (χ0v) is 15.7. The first-order chi connectivity index (χ1) is 10.6. The summed E-state index contributed by atoms with van der Waals surface area (Å²) >= 11 is 12.9. The number of pyridine rings is 1. The number of ether oxygens (including phenoxy) is 1. The molecule has 0 saturated carbocycles. The smallest absolute Gasteiger partial charge is 0.129 e. The number of hydrogen-bond donors (Lipinski definition) is 0. The van der Waals surface area contributed by atoms with Gasteiger partial charge in [-0.3, -0.25) is 0 Å². The largest absolute Gasteiger partial charge is 0.491 e. The maximum atomic E-state index is 5.92. The van der Waals surface area contributed by atoms with E-state index in [1.807, 2.05) is 24.3 Å². The fourth-order valence-electron chi connectivity index (χ4n) is 2.66. The van der Waals surface area contributed by atoms with Crippen LogP contribution in [0.25, 0.3) is 0 Å². The molecular formula is C16H15Br2ClN2O. The molecule has 3 nitrogen and oxygen atoms in total. The van der Waals surface area contributed by atoms with Crippen LogP contribution in [-0.2, 0) is 0 Å². The van der Waals surface area contributed by atoms with E-state index in [1.54, 1.807) is 6.20 Å². The van der Waals surface area contributed by atoms with Gasteiger partial charge in [-0.05, 0) is 75.0 Å². The Morgan fingerprint density at radius 2 is 2.05 bits per heavy atom. The van der Waals surface area contributed by atoms with Gasteiger partial charge in [-0.1, -0.05) is 11.6 Å². The molecule has 1 aliphatic rings. The quantitative estimate of drug-likeness (QED) is 0.596. The first kappa shape index (κ1) is 16.1. The molecule has 1 unspecified atom stereocenters. The van der Waals surface area contributed by atoms with E-state index in [0.29, 0.717) is 12.6 Å². The van der Waals surface area contributed by atoms with E-state index in [1.165, 1.54) is 0 Å². The molecule has 22 heavy (non-hydrogen) atoms. The second kappa shape index (κ2) is 7.20. The second-order valence-electron chi connectivity index (χ2n) is 5.22. The van der Waals surface area contributed by atoms with E-state index in [9.17, 15) is 0 Å². The van der Waals surface area contributed by atoms with E-state index >= 15 is 0 Å². The molecule has 2 aromatic rings. The number of nitrogens with zero attached hydrogens (tertiary/aromatic N) is 2. The lowest BCUT2D eigenvalue weighted by atomic mass is 10.2. The highest BCUT2D eigenvalue weighted by molar-refractivity contribution is 9.11. The van der Waals surface area contributed by atoms with Crippen molar-refractivity contribution in [2.24, 2.45) is 0 Å². The standard InChI is InChI=1S/C16H15Br2ClN2O/c17-11-8-15(16(18)20-9-11)21-7-1-2-13(21)10-22-14-5-3-12(19)4-6-14/h3-6,8-9,13H,1-2,7,10H2. The first-order valence-electron chi connectivity index (χ1n) is 7.09. The van der Waals surface area contributed by atoms with Gasteiger partial charge in [-0.2, -0.15) is 0 Å². The lowest BCUT2D eigenvalue weighted by Crippen LogP contribution is -2.34. The molecule has 1 atom stereocenters. The number of hydrogen-bond acceptors (Lipinski definition) is 3. The zero-order chi connectivity index (χ0) is 15.5. The Bertz CT molecular complexity index is 651. The molecule has 0 radical (unpaired) electrons. The molecule has 0 aliphatic carbocycles. The lowest BCUT2D eigenvalue weighted by molar-refractivity contribution is 0.288. The number of rotatable bonds is 4. The average Bonchev–Trinajstić information content (AvgIpc) is 2.97. The summed E-state index contributed by atoms with van der Waals surface area (Å²) in [4.78, 5) is 6.72. The highest BCUT2D eigenvalue weighted by atomic mass is 79.9. The fourth-order valence-corrected chi connectivity index (χ4v) is 3.55. The Kier molecular flexibility index (Phi) is 5.26. The molecule has 6 heteroatoms. The van der Waals surface area contributed by atoms with Crippen molar-refractivity contribution in [2.75, 3.05) is 18.1 Å². The minimum atomic E-state index is 0.350. The van der Waals surface area contributed by atoms with Crippen LogP contribution in [0.4, 0.5) is 5.69 Å². The van der Waals surface area contributed by atoms with Gasteiger partial charge in [-0.25, -0.2) is 4.98 Å². The van der Waals surface area contributed by atoms with Crippen LogP contribution in [0.15, 0.2) is 45.6 Å². The van der Waals surface area contributed by atoms with Crippen LogP contribution in [0.3, 0.4) is 0 Å². The normalized spacial score (nSPS) is 17.8. The molecule has 2 heterocycles. The van der Waals surface area contributed by atoms with Crippen molar-refractivity contribution < 1.29 is 4.74 Å². The third-order valence-electron chi connectivity index (χ3n) is 3.73. The van der Waals surface area contributed by atoms with Gasteiger partial charge < -0.3 is 9.64 Å². The maximum Gasteiger partial charge on any atom is 0.129 e. The molecule has 1 aliphatic heterocycles. The van der Waals surface area contributed by atoms with Gasteiger partial charge in [0.05, 0.1) is 11.7 Å². The van der Waals surface area contributed by atoms with E-state index in [2.05, 4.69) is 47.8 Å². The van der Waals surface area contributed by atoms with Gasteiger partial charge in [0.15, 0.2) is 0 Å². The summed E-state index contributed by atoms with van der Waals surface area (Å²) < 4.78 is 7.77. The highest BCUT2D eigenvalue weighted by Crippen LogP contribution is 2.33. The van der Waals surface area contributed by atoms with Crippen LogP contribution < -0.4 is 9.64 Å². The molecular weight excluding hydrogens is 431 g/mol. The number of halogens is 3. The molecule has 0 bridgehead atoms. The Hall–Kier alpha value is -0.780. The van der Waals surface area contributed by atoms with Crippen molar-refractivity contribution in [3.05, 3.63) is 50.6 Å². The third-order valence-corrected chi connectivity index (χ3v) is 5.03. The van der Waals surface area contributed by atoms with Crippen LogP contribution >= 0.6 is 43.5 Å².